The quantitative estimate of drug-likeness (QED) is 0.676. The molecule has 0 atom stereocenters. The summed E-state index contributed by atoms with van der Waals surface area (Å²) in [6, 6.07) is 7.25. The SMILES string of the molecule is CCCOc1ccc(C=O)c(OCc2sccc2Br)c1. The summed E-state index contributed by atoms with van der Waals surface area (Å²) in [5.41, 5.74) is 0.529. The van der Waals surface area contributed by atoms with E-state index in [0.717, 1.165) is 27.8 Å². The van der Waals surface area contributed by atoms with E-state index in [1.54, 1.807) is 29.5 Å². The van der Waals surface area contributed by atoms with Gasteiger partial charge >= 0.3 is 0 Å². The molecule has 0 aliphatic rings. The van der Waals surface area contributed by atoms with Crippen LogP contribution in [0.25, 0.3) is 0 Å². The van der Waals surface area contributed by atoms with Gasteiger partial charge in [0.1, 0.15) is 18.1 Å². The smallest absolute Gasteiger partial charge is 0.153 e. The Balaban J connectivity index is 2.11. The maximum absolute atomic E-state index is 11.1. The van der Waals surface area contributed by atoms with E-state index in [2.05, 4.69) is 15.9 Å². The molecule has 0 aliphatic heterocycles. The lowest BCUT2D eigenvalue weighted by Crippen LogP contribution is -2.00. The van der Waals surface area contributed by atoms with Crippen LogP contribution in [0, 0.1) is 0 Å². The Labute approximate surface area is 130 Å². The third-order valence-corrected chi connectivity index (χ3v) is 4.53. The fourth-order valence-corrected chi connectivity index (χ4v) is 3.00. The van der Waals surface area contributed by atoms with Gasteiger partial charge in [-0.25, -0.2) is 0 Å². The van der Waals surface area contributed by atoms with E-state index < -0.39 is 0 Å². The Kier molecular flexibility index (Phi) is 5.61. The molecule has 0 spiro atoms. The second-order valence-electron chi connectivity index (χ2n) is 4.15. The molecule has 0 fully saturated rings. The van der Waals surface area contributed by atoms with Gasteiger partial charge in [-0.2, -0.15) is 0 Å². The predicted molar refractivity (Wildman–Crippen MR) is 84.0 cm³/mol. The van der Waals surface area contributed by atoms with E-state index in [9.17, 15) is 4.79 Å². The number of thiophene rings is 1. The van der Waals surface area contributed by atoms with Crippen LogP contribution in [0.3, 0.4) is 0 Å². The first kappa shape index (κ1) is 15.1. The van der Waals surface area contributed by atoms with Gasteiger partial charge in [0.15, 0.2) is 6.29 Å². The summed E-state index contributed by atoms with van der Waals surface area (Å²) in [5.74, 6) is 1.27. The first-order chi connectivity index (χ1) is 9.74. The first-order valence-corrected chi connectivity index (χ1v) is 7.98. The molecule has 0 radical (unpaired) electrons. The summed E-state index contributed by atoms with van der Waals surface area (Å²) in [6.45, 7) is 3.12. The lowest BCUT2D eigenvalue weighted by Gasteiger charge is -2.11. The second kappa shape index (κ2) is 7.45. The van der Waals surface area contributed by atoms with Gasteiger partial charge < -0.3 is 9.47 Å². The summed E-state index contributed by atoms with van der Waals surface area (Å²) in [5, 5.41) is 1.99. The van der Waals surface area contributed by atoms with Gasteiger partial charge in [0, 0.05) is 10.5 Å². The molecule has 2 aromatic rings. The summed E-state index contributed by atoms with van der Waals surface area (Å²) in [4.78, 5) is 12.1. The highest BCUT2D eigenvalue weighted by Crippen LogP contribution is 2.28. The van der Waals surface area contributed by atoms with E-state index in [0.29, 0.717) is 24.5 Å². The van der Waals surface area contributed by atoms with Gasteiger partial charge in [-0.15, -0.1) is 11.3 Å². The third kappa shape index (κ3) is 3.84. The summed E-state index contributed by atoms with van der Waals surface area (Å²) >= 11 is 5.07. The second-order valence-corrected chi connectivity index (χ2v) is 6.00. The van der Waals surface area contributed by atoms with E-state index >= 15 is 0 Å². The van der Waals surface area contributed by atoms with Crippen LogP contribution in [0.4, 0.5) is 0 Å². The van der Waals surface area contributed by atoms with Gasteiger partial charge in [-0.1, -0.05) is 6.92 Å². The first-order valence-electron chi connectivity index (χ1n) is 6.31. The number of carbonyl (C=O) groups excluding carboxylic acids is 1. The van der Waals surface area contributed by atoms with Gasteiger partial charge in [0.05, 0.1) is 17.0 Å². The number of rotatable bonds is 7. The molecule has 2 rings (SSSR count). The number of halogens is 1. The normalized spacial score (nSPS) is 10.3. The predicted octanol–water partition coefficient (Wildman–Crippen LogP) is 4.69. The number of hydrogen-bond donors (Lipinski definition) is 0. The van der Waals surface area contributed by atoms with Crippen LogP contribution in [0.5, 0.6) is 11.5 Å². The largest absolute Gasteiger partial charge is 0.493 e. The van der Waals surface area contributed by atoms with Crippen LogP contribution in [0.1, 0.15) is 28.6 Å². The number of hydrogen-bond acceptors (Lipinski definition) is 4. The molecule has 0 unspecified atom stereocenters. The minimum absolute atomic E-state index is 0.427. The fraction of sp³-hybridized carbons (Fsp3) is 0.267. The number of ether oxygens (including phenoxy) is 2. The maximum Gasteiger partial charge on any atom is 0.153 e. The molecular weight excluding hydrogens is 340 g/mol. The molecule has 1 aromatic carbocycles. The van der Waals surface area contributed by atoms with Crippen molar-refractivity contribution in [2.24, 2.45) is 0 Å². The van der Waals surface area contributed by atoms with Crippen molar-refractivity contribution in [3.05, 3.63) is 44.6 Å². The molecule has 5 heteroatoms. The van der Waals surface area contributed by atoms with E-state index in [4.69, 9.17) is 9.47 Å². The van der Waals surface area contributed by atoms with Crippen LogP contribution in [-0.4, -0.2) is 12.9 Å². The van der Waals surface area contributed by atoms with Crippen molar-refractivity contribution in [3.63, 3.8) is 0 Å². The average Bonchev–Trinajstić information content (AvgIpc) is 2.88. The molecule has 0 N–H and O–H groups in total. The molecular formula is C15H15BrO3S. The summed E-state index contributed by atoms with van der Waals surface area (Å²) in [6.07, 6.45) is 1.73. The van der Waals surface area contributed by atoms with Gasteiger partial charge in [-0.05, 0) is 45.9 Å². The van der Waals surface area contributed by atoms with E-state index in [-0.39, 0.29) is 0 Å². The van der Waals surface area contributed by atoms with Crippen LogP contribution < -0.4 is 9.47 Å². The van der Waals surface area contributed by atoms with Crippen molar-refractivity contribution in [1.29, 1.82) is 0 Å². The van der Waals surface area contributed by atoms with Crippen LogP contribution in [0.2, 0.25) is 0 Å². The Bertz CT molecular complexity index is 580. The molecule has 20 heavy (non-hydrogen) atoms. The maximum atomic E-state index is 11.1. The average molecular weight is 355 g/mol. The molecule has 1 heterocycles. The molecule has 106 valence electrons. The Morgan fingerprint density at radius 2 is 2.15 bits per heavy atom. The van der Waals surface area contributed by atoms with Crippen molar-refractivity contribution >= 4 is 33.6 Å². The van der Waals surface area contributed by atoms with Crippen molar-refractivity contribution in [1.82, 2.24) is 0 Å². The van der Waals surface area contributed by atoms with E-state index in [1.165, 1.54) is 0 Å². The Morgan fingerprint density at radius 3 is 2.80 bits per heavy atom. The lowest BCUT2D eigenvalue weighted by atomic mass is 10.2. The number of aldehydes is 1. The summed E-state index contributed by atoms with van der Waals surface area (Å²) < 4.78 is 12.3. The molecule has 0 aliphatic carbocycles. The standard InChI is InChI=1S/C15H15BrO3S/c1-2-6-18-12-4-3-11(9-17)14(8-12)19-10-15-13(16)5-7-20-15/h3-5,7-9H,2,6,10H2,1H3. The topological polar surface area (TPSA) is 35.5 Å². The lowest BCUT2D eigenvalue weighted by molar-refractivity contribution is 0.111. The fourth-order valence-electron chi connectivity index (χ4n) is 1.62. The van der Waals surface area contributed by atoms with Crippen LogP contribution in [0.15, 0.2) is 34.1 Å². The highest BCUT2D eigenvalue weighted by atomic mass is 79.9. The van der Waals surface area contributed by atoms with Crippen molar-refractivity contribution < 1.29 is 14.3 Å². The van der Waals surface area contributed by atoms with Gasteiger partial charge in [0.2, 0.25) is 0 Å². The zero-order valence-corrected chi connectivity index (χ0v) is 13.5. The van der Waals surface area contributed by atoms with Crippen LogP contribution >= 0.6 is 27.3 Å². The monoisotopic (exact) mass is 354 g/mol. The number of benzene rings is 1. The van der Waals surface area contributed by atoms with Crippen molar-refractivity contribution in [3.8, 4) is 11.5 Å². The Morgan fingerprint density at radius 1 is 1.30 bits per heavy atom. The minimum atomic E-state index is 0.427. The molecule has 3 nitrogen and oxygen atoms in total. The van der Waals surface area contributed by atoms with Gasteiger partial charge in [0.25, 0.3) is 0 Å². The molecule has 0 saturated heterocycles. The third-order valence-electron chi connectivity index (χ3n) is 2.63. The van der Waals surface area contributed by atoms with Crippen molar-refractivity contribution in [2.45, 2.75) is 20.0 Å². The van der Waals surface area contributed by atoms with Crippen molar-refractivity contribution in [2.75, 3.05) is 6.61 Å². The van der Waals surface area contributed by atoms with E-state index in [1.807, 2.05) is 18.4 Å². The summed E-state index contributed by atoms with van der Waals surface area (Å²) in [7, 11) is 0. The highest BCUT2D eigenvalue weighted by molar-refractivity contribution is 9.10. The van der Waals surface area contributed by atoms with Gasteiger partial charge in [-0.3, -0.25) is 4.79 Å². The number of carbonyl (C=O) groups is 1. The zero-order valence-electron chi connectivity index (χ0n) is 11.1. The molecule has 0 saturated carbocycles. The Hall–Kier alpha value is -1.33. The zero-order chi connectivity index (χ0) is 14.4. The highest BCUT2D eigenvalue weighted by Gasteiger charge is 2.08. The molecule has 0 bridgehead atoms. The molecule has 1 aromatic heterocycles. The van der Waals surface area contributed by atoms with Crippen LogP contribution in [-0.2, 0) is 6.61 Å². The molecule has 0 amide bonds. The minimum Gasteiger partial charge on any atom is -0.493 e.